The fourth-order valence-corrected chi connectivity index (χ4v) is 1.93. The van der Waals surface area contributed by atoms with Crippen LogP contribution in [0.15, 0.2) is 18.5 Å². The summed E-state index contributed by atoms with van der Waals surface area (Å²) in [6.07, 6.45) is 3.69. The van der Waals surface area contributed by atoms with E-state index >= 15 is 0 Å². The van der Waals surface area contributed by atoms with E-state index in [1.54, 1.807) is 6.33 Å². The number of rotatable bonds is 3. The van der Waals surface area contributed by atoms with Gasteiger partial charge in [-0.1, -0.05) is 11.6 Å². The quantitative estimate of drug-likeness (QED) is 0.866. The molecule has 1 aromatic carbocycles. The maximum Gasteiger partial charge on any atom is 0.0955 e. The van der Waals surface area contributed by atoms with Gasteiger partial charge in [0.1, 0.15) is 0 Å². The van der Waals surface area contributed by atoms with Gasteiger partial charge in [-0.25, -0.2) is 4.98 Å². The summed E-state index contributed by atoms with van der Waals surface area (Å²) in [6.45, 7) is 0.694. The fourth-order valence-electron chi connectivity index (χ4n) is 1.68. The molecule has 15 heavy (non-hydrogen) atoms. The first-order valence-corrected chi connectivity index (χ1v) is 5.39. The highest BCUT2D eigenvalue weighted by molar-refractivity contribution is 6.32. The Hall–Kier alpha value is -1.06. The second-order valence-corrected chi connectivity index (χ2v) is 4.09. The Labute approximate surface area is 93.9 Å². The highest BCUT2D eigenvalue weighted by Gasteiger charge is 2.06. The van der Waals surface area contributed by atoms with E-state index in [2.05, 4.69) is 11.1 Å². The largest absolute Gasteiger partial charge is 0.334 e. The SMILES string of the molecule is Cn1cnc2cc(Cl)c(CCCN)cc21. The molecule has 2 N–H and O–H groups in total. The molecule has 0 unspecified atom stereocenters. The molecule has 0 aliphatic rings. The van der Waals surface area contributed by atoms with Crippen molar-refractivity contribution in [3.63, 3.8) is 0 Å². The Morgan fingerprint density at radius 1 is 1.47 bits per heavy atom. The molecular weight excluding hydrogens is 210 g/mol. The average Bonchev–Trinajstić information content (AvgIpc) is 2.57. The minimum absolute atomic E-state index is 0.694. The number of aryl methyl sites for hydroxylation is 2. The van der Waals surface area contributed by atoms with Crippen LogP contribution in [0.5, 0.6) is 0 Å². The van der Waals surface area contributed by atoms with Crippen molar-refractivity contribution in [3.05, 3.63) is 29.0 Å². The molecule has 1 aromatic heterocycles. The molecule has 2 rings (SSSR count). The van der Waals surface area contributed by atoms with Crippen LogP contribution < -0.4 is 5.73 Å². The zero-order valence-electron chi connectivity index (χ0n) is 8.70. The number of hydrogen-bond donors (Lipinski definition) is 1. The van der Waals surface area contributed by atoms with Crippen LogP contribution in [0, 0.1) is 0 Å². The van der Waals surface area contributed by atoms with Gasteiger partial charge in [-0.15, -0.1) is 0 Å². The number of imidazole rings is 1. The first-order chi connectivity index (χ1) is 7.22. The molecule has 0 bridgehead atoms. The monoisotopic (exact) mass is 223 g/mol. The molecule has 0 aliphatic heterocycles. The molecule has 0 fully saturated rings. The van der Waals surface area contributed by atoms with Gasteiger partial charge in [-0.05, 0) is 37.1 Å². The summed E-state index contributed by atoms with van der Waals surface area (Å²) in [5, 5.41) is 0.787. The van der Waals surface area contributed by atoms with E-state index in [9.17, 15) is 0 Å². The van der Waals surface area contributed by atoms with Crippen LogP contribution in [0.1, 0.15) is 12.0 Å². The molecule has 0 radical (unpaired) electrons. The lowest BCUT2D eigenvalue weighted by atomic mass is 10.1. The van der Waals surface area contributed by atoms with E-state index in [1.165, 1.54) is 0 Å². The van der Waals surface area contributed by atoms with Crippen LogP contribution in [-0.2, 0) is 13.5 Å². The molecule has 1 heterocycles. The molecule has 0 saturated heterocycles. The average molecular weight is 224 g/mol. The summed E-state index contributed by atoms with van der Waals surface area (Å²) in [6, 6.07) is 4.02. The summed E-state index contributed by atoms with van der Waals surface area (Å²) in [5.74, 6) is 0. The van der Waals surface area contributed by atoms with Crippen LogP contribution in [0.3, 0.4) is 0 Å². The molecule has 4 heteroatoms. The van der Waals surface area contributed by atoms with E-state index in [0.29, 0.717) is 6.54 Å². The maximum absolute atomic E-state index is 6.16. The van der Waals surface area contributed by atoms with Gasteiger partial charge in [-0.2, -0.15) is 0 Å². The van der Waals surface area contributed by atoms with E-state index in [1.807, 2.05) is 17.7 Å². The lowest BCUT2D eigenvalue weighted by molar-refractivity contribution is 0.832. The third-order valence-electron chi connectivity index (χ3n) is 2.54. The lowest BCUT2D eigenvalue weighted by Crippen LogP contribution is -2.00. The molecular formula is C11H14ClN3. The fraction of sp³-hybridized carbons (Fsp3) is 0.364. The highest BCUT2D eigenvalue weighted by atomic mass is 35.5. The first-order valence-electron chi connectivity index (χ1n) is 5.02. The van der Waals surface area contributed by atoms with Gasteiger partial charge in [0.05, 0.1) is 17.4 Å². The summed E-state index contributed by atoms with van der Waals surface area (Å²) >= 11 is 6.16. The molecule has 0 amide bonds. The number of benzene rings is 1. The molecule has 80 valence electrons. The van der Waals surface area contributed by atoms with Crippen molar-refractivity contribution in [2.75, 3.05) is 6.54 Å². The molecule has 2 aromatic rings. The van der Waals surface area contributed by atoms with Gasteiger partial charge in [0.15, 0.2) is 0 Å². The molecule has 0 saturated carbocycles. The third kappa shape index (κ3) is 1.98. The number of hydrogen-bond acceptors (Lipinski definition) is 2. The topological polar surface area (TPSA) is 43.8 Å². The van der Waals surface area contributed by atoms with Crippen molar-refractivity contribution in [2.45, 2.75) is 12.8 Å². The van der Waals surface area contributed by atoms with E-state index in [0.717, 1.165) is 34.5 Å². The molecule has 0 spiro atoms. The van der Waals surface area contributed by atoms with E-state index < -0.39 is 0 Å². The highest BCUT2D eigenvalue weighted by Crippen LogP contribution is 2.23. The second-order valence-electron chi connectivity index (χ2n) is 3.68. The smallest absolute Gasteiger partial charge is 0.0955 e. The van der Waals surface area contributed by atoms with Crippen LogP contribution in [0.2, 0.25) is 5.02 Å². The molecule has 0 aliphatic carbocycles. The lowest BCUT2D eigenvalue weighted by Gasteiger charge is -2.04. The van der Waals surface area contributed by atoms with Crippen molar-refractivity contribution >= 4 is 22.6 Å². The zero-order chi connectivity index (χ0) is 10.8. The van der Waals surface area contributed by atoms with Gasteiger partial charge < -0.3 is 10.3 Å². The van der Waals surface area contributed by atoms with Crippen molar-refractivity contribution in [3.8, 4) is 0 Å². The van der Waals surface area contributed by atoms with Gasteiger partial charge in [-0.3, -0.25) is 0 Å². The Kier molecular flexibility index (Phi) is 2.93. The number of halogens is 1. The number of nitrogens with two attached hydrogens (primary N) is 1. The van der Waals surface area contributed by atoms with Gasteiger partial charge in [0.2, 0.25) is 0 Å². The minimum atomic E-state index is 0.694. The number of nitrogens with zero attached hydrogens (tertiary/aromatic N) is 2. The first kappa shape index (κ1) is 10.5. The standard InChI is InChI=1S/C11H14ClN3/c1-15-7-14-10-6-9(12)8(3-2-4-13)5-11(10)15/h5-7H,2-4,13H2,1H3. The van der Waals surface area contributed by atoms with Crippen molar-refractivity contribution < 1.29 is 0 Å². The van der Waals surface area contributed by atoms with Crippen LogP contribution in [0.4, 0.5) is 0 Å². The molecule has 3 nitrogen and oxygen atoms in total. The van der Waals surface area contributed by atoms with Crippen LogP contribution in [-0.4, -0.2) is 16.1 Å². The van der Waals surface area contributed by atoms with Gasteiger partial charge in [0, 0.05) is 12.1 Å². The Bertz CT molecular complexity index is 476. The van der Waals surface area contributed by atoms with Crippen molar-refractivity contribution in [1.82, 2.24) is 9.55 Å². The summed E-state index contributed by atoms with van der Waals surface area (Å²) in [5.41, 5.74) is 8.70. The predicted octanol–water partition coefficient (Wildman–Crippen LogP) is 2.12. The Balaban J connectivity index is 2.45. The van der Waals surface area contributed by atoms with E-state index in [-0.39, 0.29) is 0 Å². The Morgan fingerprint density at radius 3 is 3.00 bits per heavy atom. The van der Waals surface area contributed by atoms with Gasteiger partial charge >= 0.3 is 0 Å². The third-order valence-corrected chi connectivity index (χ3v) is 2.90. The normalized spacial score (nSPS) is 11.1. The second kappa shape index (κ2) is 4.21. The summed E-state index contributed by atoms with van der Waals surface area (Å²) in [4.78, 5) is 4.25. The minimum Gasteiger partial charge on any atom is -0.334 e. The maximum atomic E-state index is 6.16. The van der Waals surface area contributed by atoms with E-state index in [4.69, 9.17) is 17.3 Å². The van der Waals surface area contributed by atoms with Crippen LogP contribution in [0.25, 0.3) is 11.0 Å². The van der Waals surface area contributed by atoms with Crippen molar-refractivity contribution in [1.29, 1.82) is 0 Å². The zero-order valence-corrected chi connectivity index (χ0v) is 9.46. The summed E-state index contributed by atoms with van der Waals surface area (Å²) < 4.78 is 2.00. The van der Waals surface area contributed by atoms with Crippen LogP contribution >= 0.6 is 11.6 Å². The van der Waals surface area contributed by atoms with Crippen molar-refractivity contribution in [2.24, 2.45) is 12.8 Å². The number of fused-ring (bicyclic) bond motifs is 1. The number of aromatic nitrogens is 2. The summed E-state index contributed by atoms with van der Waals surface area (Å²) in [7, 11) is 1.98. The Morgan fingerprint density at radius 2 is 2.27 bits per heavy atom. The van der Waals surface area contributed by atoms with Gasteiger partial charge in [0.25, 0.3) is 0 Å². The predicted molar refractivity (Wildman–Crippen MR) is 63.1 cm³/mol. The molecule has 0 atom stereocenters.